The lowest BCUT2D eigenvalue weighted by Crippen LogP contribution is -2.51. The van der Waals surface area contributed by atoms with E-state index in [2.05, 4.69) is 81.3 Å². The van der Waals surface area contributed by atoms with Gasteiger partial charge in [-0.1, -0.05) is 119 Å². The summed E-state index contributed by atoms with van der Waals surface area (Å²) >= 11 is 0. The molecule has 11 heteroatoms. The van der Waals surface area contributed by atoms with Crippen molar-refractivity contribution in [3.8, 4) is 33.6 Å². The lowest BCUT2D eigenvalue weighted by atomic mass is 9.78. The average molecular weight is 784 g/mol. The third kappa shape index (κ3) is 8.59. The third-order valence-electron chi connectivity index (χ3n) is 12.1. The van der Waals surface area contributed by atoms with Gasteiger partial charge in [-0.2, -0.15) is 0 Å². The van der Waals surface area contributed by atoms with E-state index in [9.17, 15) is 14.4 Å². The van der Waals surface area contributed by atoms with E-state index in [0.29, 0.717) is 6.54 Å². The fourth-order valence-corrected chi connectivity index (χ4v) is 8.67. The molecule has 3 unspecified atom stereocenters. The molecule has 1 saturated heterocycles. The molecule has 2 aromatic heterocycles. The predicted octanol–water partition coefficient (Wildman–Crippen LogP) is 9.28. The Bertz CT molecular complexity index is 2150. The van der Waals surface area contributed by atoms with Crippen molar-refractivity contribution in [3.05, 3.63) is 108 Å². The molecule has 8 rings (SSSR count). The number of ether oxygens (including phenoxy) is 1. The highest BCUT2D eigenvalue weighted by atomic mass is 16.5. The monoisotopic (exact) mass is 783 g/mol. The second-order valence-corrected chi connectivity index (χ2v) is 16.0. The summed E-state index contributed by atoms with van der Waals surface area (Å²) in [4.78, 5) is 57.6. The smallest absolute Gasteiger partial charge is 0.407 e. The maximum absolute atomic E-state index is 13.7. The molecule has 4 atom stereocenters. The molecule has 1 aliphatic heterocycles. The molecule has 2 aliphatic carbocycles. The number of amides is 3. The van der Waals surface area contributed by atoms with Crippen LogP contribution in [-0.2, 0) is 19.9 Å². The molecule has 304 valence electrons. The van der Waals surface area contributed by atoms with E-state index in [4.69, 9.17) is 14.7 Å². The number of aromatic nitrogens is 4. The number of aromatic amines is 2. The Hall–Kier alpha value is -5.71. The van der Waals surface area contributed by atoms with E-state index < -0.39 is 12.1 Å². The molecule has 3 aliphatic rings. The van der Waals surface area contributed by atoms with Crippen LogP contribution in [0.1, 0.15) is 108 Å². The SMILES string of the molecule is CC.COC(=O)NC(C(=O)N1CCCC1c1ncc(-c2ccc(-c3ccc(-c4cnc([C@@H]5CCCCC5C(=O)NC5(c6ccccc6)CC5)[nH]4)cc3)cc2)[nH]1)C(C)C. The number of likely N-dealkylation sites (tertiary alicyclic amines) is 1. The Balaban J connectivity index is 0.00000252. The highest BCUT2D eigenvalue weighted by Gasteiger charge is 2.47. The van der Waals surface area contributed by atoms with Crippen LogP contribution in [-0.4, -0.2) is 62.4 Å². The molecular weight excluding hydrogens is 727 g/mol. The van der Waals surface area contributed by atoms with E-state index in [1.807, 2.05) is 63.2 Å². The molecule has 0 spiro atoms. The first-order valence-electron chi connectivity index (χ1n) is 21.1. The maximum Gasteiger partial charge on any atom is 0.407 e. The standard InChI is InChI=1S/C45H51N7O4.C2H6/c1-28(2)39(50-44(55)56-3)43(54)52-25-9-14-38(52)41-47-27-37(49-41)32-21-17-30(18-22-32)29-15-19-31(20-16-29)36-26-46-40(48-36)34-12-7-8-13-35(34)42(53)51-45(23-24-45)33-10-5-4-6-11-33;1-2/h4-6,10-11,15-22,26-28,34-35,38-39H,7-9,12-14,23-25H2,1-3H3,(H,46,48)(H,47,49)(H,50,55)(H,51,53);1-2H3/t34-,35?,38?,39?;/m1./s1. The summed E-state index contributed by atoms with van der Waals surface area (Å²) in [5.41, 5.74) is 7.05. The minimum atomic E-state index is -0.675. The Morgan fingerprint density at radius 3 is 1.91 bits per heavy atom. The van der Waals surface area contributed by atoms with Crippen molar-refractivity contribution in [1.82, 2.24) is 35.5 Å². The summed E-state index contributed by atoms with van der Waals surface area (Å²) in [6.07, 6.45) is 10.7. The Morgan fingerprint density at radius 2 is 1.33 bits per heavy atom. The quantitative estimate of drug-likeness (QED) is 0.105. The lowest BCUT2D eigenvalue weighted by Gasteiger charge is -2.31. The van der Waals surface area contributed by atoms with Crippen molar-refractivity contribution in [2.24, 2.45) is 11.8 Å². The van der Waals surface area contributed by atoms with Crippen LogP contribution in [0.15, 0.2) is 91.3 Å². The van der Waals surface area contributed by atoms with Crippen LogP contribution in [0.5, 0.6) is 0 Å². The largest absolute Gasteiger partial charge is 0.453 e. The van der Waals surface area contributed by atoms with Crippen LogP contribution in [0.3, 0.4) is 0 Å². The van der Waals surface area contributed by atoms with Crippen LogP contribution >= 0.6 is 0 Å². The molecule has 2 saturated carbocycles. The zero-order valence-corrected chi connectivity index (χ0v) is 34.4. The Kier molecular flexibility index (Phi) is 12.4. The van der Waals surface area contributed by atoms with Crippen molar-refractivity contribution in [1.29, 1.82) is 0 Å². The minimum Gasteiger partial charge on any atom is -0.453 e. The number of hydrogen-bond donors (Lipinski definition) is 4. The first-order valence-corrected chi connectivity index (χ1v) is 21.1. The van der Waals surface area contributed by atoms with Gasteiger partial charge in [-0.05, 0) is 72.3 Å². The summed E-state index contributed by atoms with van der Waals surface area (Å²) in [6, 6.07) is 26.3. The van der Waals surface area contributed by atoms with Gasteiger partial charge in [0, 0.05) is 18.4 Å². The van der Waals surface area contributed by atoms with Gasteiger partial charge in [0.25, 0.3) is 0 Å². The number of alkyl carbamates (subject to hydrolysis) is 1. The third-order valence-corrected chi connectivity index (χ3v) is 12.1. The maximum atomic E-state index is 13.7. The number of carbonyl (C=O) groups is 3. The number of nitrogens with one attached hydrogen (secondary N) is 4. The summed E-state index contributed by atoms with van der Waals surface area (Å²) in [6.45, 7) is 8.43. The molecule has 5 aromatic rings. The van der Waals surface area contributed by atoms with Gasteiger partial charge in [0.2, 0.25) is 11.8 Å². The van der Waals surface area contributed by atoms with E-state index >= 15 is 0 Å². The second kappa shape index (κ2) is 17.8. The van der Waals surface area contributed by atoms with E-state index in [-0.39, 0.29) is 41.1 Å². The number of H-pyrrole nitrogens is 2. The van der Waals surface area contributed by atoms with Crippen molar-refractivity contribution in [3.63, 3.8) is 0 Å². The summed E-state index contributed by atoms with van der Waals surface area (Å²) < 4.78 is 4.76. The first-order chi connectivity index (χ1) is 28.2. The van der Waals surface area contributed by atoms with Crippen LogP contribution in [0.2, 0.25) is 0 Å². The minimum absolute atomic E-state index is 0.0694. The second-order valence-electron chi connectivity index (χ2n) is 16.0. The summed E-state index contributed by atoms with van der Waals surface area (Å²) in [5, 5.41) is 6.15. The van der Waals surface area contributed by atoms with Crippen LogP contribution in [0.4, 0.5) is 4.79 Å². The highest BCUT2D eigenvalue weighted by Crippen LogP contribution is 2.47. The number of nitrogens with zero attached hydrogens (tertiary/aromatic N) is 3. The number of rotatable bonds is 11. The first kappa shape index (κ1) is 40.5. The van der Waals surface area contributed by atoms with Crippen molar-refractivity contribution in [2.45, 2.75) is 103 Å². The predicted molar refractivity (Wildman–Crippen MR) is 226 cm³/mol. The fraction of sp³-hybridized carbons (Fsp3) is 0.426. The van der Waals surface area contributed by atoms with E-state index in [0.717, 1.165) is 96.7 Å². The number of imidazole rings is 2. The van der Waals surface area contributed by atoms with Gasteiger partial charge < -0.3 is 30.2 Å². The van der Waals surface area contributed by atoms with Gasteiger partial charge >= 0.3 is 6.09 Å². The molecule has 11 nitrogen and oxygen atoms in total. The molecule has 3 aromatic carbocycles. The van der Waals surface area contributed by atoms with Crippen LogP contribution in [0.25, 0.3) is 33.6 Å². The number of hydrogen-bond acceptors (Lipinski definition) is 6. The number of benzene rings is 3. The fourth-order valence-electron chi connectivity index (χ4n) is 8.67. The van der Waals surface area contributed by atoms with Crippen molar-refractivity contribution < 1.29 is 19.1 Å². The average Bonchev–Trinajstić information content (AvgIpc) is 3.65. The zero-order valence-electron chi connectivity index (χ0n) is 34.4. The molecule has 3 fully saturated rings. The summed E-state index contributed by atoms with van der Waals surface area (Å²) in [5.74, 6) is 1.54. The van der Waals surface area contributed by atoms with E-state index in [1.165, 1.54) is 12.7 Å². The van der Waals surface area contributed by atoms with Gasteiger partial charge in [-0.3, -0.25) is 9.59 Å². The Morgan fingerprint density at radius 1 is 0.759 bits per heavy atom. The number of carbonyl (C=O) groups excluding carboxylic acids is 3. The molecule has 4 N–H and O–H groups in total. The van der Waals surface area contributed by atoms with E-state index in [1.54, 1.807) is 0 Å². The van der Waals surface area contributed by atoms with Crippen LogP contribution < -0.4 is 10.6 Å². The molecule has 0 bridgehead atoms. The van der Waals surface area contributed by atoms with Crippen LogP contribution in [0, 0.1) is 11.8 Å². The molecule has 58 heavy (non-hydrogen) atoms. The Labute approximate surface area is 341 Å². The van der Waals surface area contributed by atoms with Gasteiger partial charge in [0.15, 0.2) is 0 Å². The highest BCUT2D eigenvalue weighted by molar-refractivity contribution is 5.86. The van der Waals surface area contributed by atoms with Crippen molar-refractivity contribution in [2.75, 3.05) is 13.7 Å². The lowest BCUT2D eigenvalue weighted by molar-refractivity contribution is -0.135. The van der Waals surface area contributed by atoms with Gasteiger partial charge in [-0.25, -0.2) is 14.8 Å². The van der Waals surface area contributed by atoms with Gasteiger partial charge in [0.05, 0.1) is 42.5 Å². The summed E-state index contributed by atoms with van der Waals surface area (Å²) in [7, 11) is 1.30. The molecular formula is C47H57N7O4. The topological polar surface area (TPSA) is 145 Å². The molecule has 3 amide bonds. The zero-order chi connectivity index (χ0) is 40.8. The molecule has 0 radical (unpaired) electrons. The van der Waals surface area contributed by atoms with Gasteiger partial charge in [-0.15, -0.1) is 0 Å². The molecule has 3 heterocycles. The van der Waals surface area contributed by atoms with Gasteiger partial charge in [0.1, 0.15) is 17.7 Å². The number of methoxy groups -OCH3 is 1. The van der Waals surface area contributed by atoms with Crippen molar-refractivity contribution >= 4 is 17.9 Å². The normalized spacial score (nSPS) is 20.1.